The average Bonchev–Trinajstić information content (AvgIpc) is 3.73. The fraction of sp³-hybridized carbons (Fsp3) is 0.0217. The molecular formula is C46H29N7. The predicted octanol–water partition coefficient (Wildman–Crippen LogP) is 10.6. The summed E-state index contributed by atoms with van der Waals surface area (Å²) in [7, 11) is 0. The van der Waals surface area contributed by atoms with E-state index in [2.05, 4.69) is 145 Å². The number of para-hydroxylation sites is 2. The number of hydrogen-bond donors (Lipinski definition) is 0. The highest BCUT2D eigenvalue weighted by Gasteiger charge is 2.23. The van der Waals surface area contributed by atoms with Crippen molar-refractivity contribution in [3.63, 3.8) is 0 Å². The van der Waals surface area contributed by atoms with Gasteiger partial charge in [-0.3, -0.25) is 0 Å². The van der Waals surface area contributed by atoms with Crippen LogP contribution in [0.3, 0.4) is 0 Å². The molecule has 0 saturated heterocycles. The standard InChI is InChI=1S/C46H29N7/c1-29-39(52-40-13-4-2-11-35(40)37-26-32(15-18-42(37)52)45-48-21-7-22-49-45)20-17-34(31-10-6-9-30(25-31)28-47)44(29)53-41-14-5-3-12-36(41)38-27-33(16-19-43(38)53)46-50-23-8-24-51-46/h2-27H,1H3. The lowest BCUT2D eigenvalue weighted by molar-refractivity contribution is 1.10. The minimum absolute atomic E-state index is 0.616. The summed E-state index contributed by atoms with van der Waals surface area (Å²) in [5, 5.41) is 14.4. The summed E-state index contributed by atoms with van der Waals surface area (Å²) in [5.41, 5.74) is 12.1. The van der Waals surface area contributed by atoms with Crippen LogP contribution in [-0.4, -0.2) is 29.1 Å². The largest absolute Gasteiger partial charge is 0.309 e. The summed E-state index contributed by atoms with van der Waals surface area (Å²) < 4.78 is 4.75. The molecule has 0 aliphatic carbocycles. The summed E-state index contributed by atoms with van der Waals surface area (Å²) in [4.78, 5) is 18.1. The van der Waals surface area contributed by atoms with E-state index < -0.39 is 0 Å². The van der Waals surface area contributed by atoms with Crippen LogP contribution >= 0.6 is 0 Å². The molecule has 10 rings (SSSR count). The molecule has 0 N–H and O–H groups in total. The summed E-state index contributed by atoms with van der Waals surface area (Å²) >= 11 is 0. The third kappa shape index (κ3) is 4.81. The smallest absolute Gasteiger partial charge is 0.159 e. The van der Waals surface area contributed by atoms with E-state index in [0.29, 0.717) is 17.2 Å². The van der Waals surface area contributed by atoms with E-state index in [1.807, 2.05) is 30.3 Å². The molecule has 7 heteroatoms. The van der Waals surface area contributed by atoms with Crippen molar-refractivity contribution in [2.75, 3.05) is 0 Å². The number of nitrogens with zero attached hydrogens (tertiary/aromatic N) is 7. The Morgan fingerprint density at radius 3 is 1.62 bits per heavy atom. The molecule has 0 spiro atoms. The van der Waals surface area contributed by atoms with Gasteiger partial charge in [0.1, 0.15) is 0 Å². The van der Waals surface area contributed by atoms with Crippen molar-refractivity contribution < 1.29 is 0 Å². The van der Waals surface area contributed by atoms with Gasteiger partial charge in [-0.1, -0.05) is 54.6 Å². The average molecular weight is 680 g/mol. The van der Waals surface area contributed by atoms with E-state index in [1.165, 1.54) is 0 Å². The number of hydrogen-bond acceptors (Lipinski definition) is 5. The molecule has 0 fully saturated rings. The van der Waals surface area contributed by atoms with Gasteiger partial charge in [0.2, 0.25) is 0 Å². The molecule has 0 atom stereocenters. The maximum absolute atomic E-state index is 9.91. The monoisotopic (exact) mass is 679 g/mol. The SMILES string of the molecule is Cc1c(-n2c3ccccc3c3cc(-c4ncccn4)ccc32)ccc(-c2cccc(C#N)c2)c1-n1c2ccccc2c2cc(-c3ncccn3)ccc21. The highest BCUT2D eigenvalue weighted by Crippen LogP contribution is 2.42. The first-order valence-corrected chi connectivity index (χ1v) is 17.4. The van der Waals surface area contributed by atoms with Crippen LogP contribution in [-0.2, 0) is 0 Å². The van der Waals surface area contributed by atoms with Crippen LogP contribution in [0.4, 0.5) is 0 Å². The molecule has 0 aliphatic rings. The lowest BCUT2D eigenvalue weighted by Gasteiger charge is -2.21. The zero-order valence-corrected chi connectivity index (χ0v) is 28.6. The van der Waals surface area contributed by atoms with Gasteiger partial charge in [-0.25, -0.2) is 19.9 Å². The number of nitriles is 1. The molecule has 0 unspecified atom stereocenters. The van der Waals surface area contributed by atoms with Gasteiger partial charge in [-0.2, -0.15) is 5.26 Å². The van der Waals surface area contributed by atoms with E-state index in [9.17, 15) is 5.26 Å². The maximum atomic E-state index is 9.91. The van der Waals surface area contributed by atoms with E-state index >= 15 is 0 Å². The van der Waals surface area contributed by atoms with Crippen molar-refractivity contribution >= 4 is 43.6 Å². The highest BCUT2D eigenvalue weighted by atomic mass is 15.0. The molecule has 7 nitrogen and oxygen atoms in total. The van der Waals surface area contributed by atoms with Crippen LogP contribution in [0.2, 0.25) is 0 Å². The van der Waals surface area contributed by atoms with Gasteiger partial charge in [-0.05, 0) is 96.9 Å². The fourth-order valence-electron chi connectivity index (χ4n) is 7.83. The first-order valence-electron chi connectivity index (χ1n) is 17.4. The van der Waals surface area contributed by atoms with Gasteiger partial charge in [0.05, 0.1) is 45.1 Å². The summed E-state index contributed by atoms with van der Waals surface area (Å²) in [6, 6.07) is 48.4. The number of rotatable bonds is 5. The Balaban J connectivity index is 1.29. The van der Waals surface area contributed by atoms with Crippen molar-refractivity contribution in [1.29, 1.82) is 5.26 Å². The third-order valence-electron chi connectivity index (χ3n) is 10.2. The van der Waals surface area contributed by atoms with Gasteiger partial charge >= 0.3 is 0 Å². The third-order valence-corrected chi connectivity index (χ3v) is 10.2. The zero-order chi connectivity index (χ0) is 35.5. The van der Waals surface area contributed by atoms with Gasteiger partial charge in [0.25, 0.3) is 0 Å². The van der Waals surface area contributed by atoms with Crippen molar-refractivity contribution in [3.8, 4) is 51.3 Å². The molecule has 6 aromatic carbocycles. The lowest BCUT2D eigenvalue weighted by Crippen LogP contribution is -2.05. The number of benzene rings is 6. The van der Waals surface area contributed by atoms with E-state index in [-0.39, 0.29) is 0 Å². The maximum Gasteiger partial charge on any atom is 0.159 e. The van der Waals surface area contributed by atoms with Crippen LogP contribution in [0, 0.1) is 18.3 Å². The normalized spacial score (nSPS) is 11.5. The number of aromatic nitrogens is 6. The molecule has 0 aliphatic heterocycles. The minimum atomic E-state index is 0.616. The first kappa shape index (κ1) is 30.4. The second-order valence-electron chi connectivity index (χ2n) is 13.1. The van der Waals surface area contributed by atoms with E-state index in [1.54, 1.807) is 24.8 Å². The molecule has 248 valence electrons. The Bertz CT molecular complexity index is 3080. The minimum Gasteiger partial charge on any atom is -0.309 e. The highest BCUT2D eigenvalue weighted by molar-refractivity contribution is 6.12. The second kappa shape index (κ2) is 12.1. The molecule has 10 aromatic rings. The lowest BCUT2D eigenvalue weighted by atomic mass is 9.97. The Hall–Kier alpha value is -7.43. The number of fused-ring (bicyclic) bond motifs is 6. The molecule has 0 radical (unpaired) electrons. The van der Waals surface area contributed by atoms with Crippen LogP contribution in [0.1, 0.15) is 11.1 Å². The van der Waals surface area contributed by atoms with Gasteiger partial charge in [0.15, 0.2) is 11.6 Å². The summed E-state index contributed by atoms with van der Waals surface area (Å²) in [5.74, 6) is 1.38. The van der Waals surface area contributed by atoms with Crippen molar-refractivity contribution in [2.45, 2.75) is 6.92 Å². The Kier molecular flexibility index (Phi) is 6.95. The van der Waals surface area contributed by atoms with E-state index in [4.69, 9.17) is 0 Å². The first-order chi connectivity index (χ1) is 26.2. The summed E-state index contributed by atoms with van der Waals surface area (Å²) in [6.07, 6.45) is 7.10. The van der Waals surface area contributed by atoms with E-state index in [0.717, 1.165) is 82.8 Å². The predicted molar refractivity (Wildman–Crippen MR) is 212 cm³/mol. The molecule has 53 heavy (non-hydrogen) atoms. The second-order valence-corrected chi connectivity index (χ2v) is 13.1. The van der Waals surface area contributed by atoms with Gasteiger partial charge in [-0.15, -0.1) is 0 Å². The topological polar surface area (TPSA) is 85.2 Å². The van der Waals surface area contributed by atoms with Crippen LogP contribution in [0.5, 0.6) is 0 Å². The molecule has 0 bridgehead atoms. The Morgan fingerprint density at radius 1 is 0.472 bits per heavy atom. The fourth-order valence-corrected chi connectivity index (χ4v) is 7.83. The van der Waals surface area contributed by atoms with Crippen molar-refractivity contribution in [3.05, 3.63) is 169 Å². The molecular weight excluding hydrogens is 651 g/mol. The van der Waals surface area contributed by atoms with Crippen LogP contribution in [0.15, 0.2) is 158 Å². The van der Waals surface area contributed by atoms with Crippen molar-refractivity contribution in [1.82, 2.24) is 29.1 Å². The van der Waals surface area contributed by atoms with Crippen LogP contribution in [0.25, 0.3) is 88.9 Å². The molecule has 0 amide bonds. The summed E-state index contributed by atoms with van der Waals surface area (Å²) in [6.45, 7) is 2.21. The zero-order valence-electron chi connectivity index (χ0n) is 28.6. The van der Waals surface area contributed by atoms with Gasteiger partial charge < -0.3 is 9.13 Å². The van der Waals surface area contributed by atoms with Crippen molar-refractivity contribution in [2.24, 2.45) is 0 Å². The molecule has 4 aromatic heterocycles. The Morgan fingerprint density at radius 2 is 1.02 bits per heavy atom. The van der Waals surface area contributed by atoms with Gasteiger partial charge in [0, 0.05) is 63.0 Å². The van der Waals surface area contributed by atoms with Crippen LogP contribution < -0.4 is 0 Å². The quantitative estimate of drug-likeness (QED) is 0.181. The molecule has 0 saturated carbocycles. The Labute approximate surface area is 304 Å². The molecule has 4 heterocycles.